The van der Waals surface area contributed by atoms with Crippen molar-refractivity contribution in [2.24, 2.45) is 13.0 Å². The van der Waals surface area contributed by atoms with Crippen LogP contribution in [0.25, 0.3) is 0 Å². The molecule has 0 saturated carbocycles. The first kappa shape index (κ1) is 17.5. The SMILES string of the molecule is C[C@@H]1Cc2cc(S(=O)(=O)N3C[C@@H](CO)[C@H](c4cnn(C)c4)C3)ccc2O1. The lowest BCUT2D eigenvalue weighted by atomic mass is 9.92. The molecule has 0 aliphatic carbocycles. The molecular weight excluding hydrogens is 354 g/mol. The molecule has 140 valence electrons. The quantitative estimate of drug-likeness (QED) is 0.864. The summed E-state index contributed by atoms with van der Waals surface area (Å²) in [6.07, 6.45) is 4.43. The number of aliphatic hydroxyl groups is 1. The van der Waals surface area contributed by atoms with E-state index in [0.29, 0.717) is 13.1 Å². The Morgan fingerprint density at radius 1 is 1.35 bits per heavy atom. The van der Waals surface area contributed by atoms with Crippen molar-refractivity contribution in [3.8, 4) is 5.75 Å². The largest absolute Gasteiger partial charge is 0.490 e. The number of benzene rings is 1. The lowest BCUT2D eigenvalue weighted by Crippen LogP contribution is -2.29. The summed E-state index contributed by atoms with van der Waals surface area (Å²) >= 11 is 0. The molecule has 8 heteroatoms. The van der Waals surface area contributed by atoms with Gasteiger partial charge in [0.25, 0.3) is 0 Å². The molecule has 7 nitrogen and oxygen atoms in total. The van der Waals surface area contributed by atoms with E-state index >= 15 is 0 Å². The summed E-state index contributed by atoms with van der Waals surface area (Å²) in [4.78, 5) is 0.289. The summed E-state index contributed by atoms with van der Waals surface area (Å²) in [5.41, 5.74) is 1.89. The fourth-order valence-electron chi connectivity index (χ4n) is 3.93. The molecule has 1 aromatic heterocycles. The van der Waals surface area contributed by atoms with E-state index in [0.717, 1.165) is 23.3 Å². The number of sulfonamides is 1. The Morgan fingerprint density at radius 2 is 2.15 bits per heavy atom. The first-order valence-corrected chi connectivity index (χ1v) is 10.2. The third-order valence-corrected chi connectivity index (χ3v) is 7.13. The molecule has 4 rings (SSSR count). The molecule has 0 amide bonds. The van der Waals surface area contributed by atoms with Crippen LogP contribution in [-0.2, 0) is 23.5 Å². The highest BCUT2D eigenvalue weighted by atomic mass is 32.2. The topological polar surface area (TPSA) is 84.7 Å². The Kier molecular flexibility index (Phi) is 4.29. The van der Waals surface area contributed by atoms with E-state index in [9.17, 15) is 13.5 Å². The standard InChI is InChI=1S/C18H23N3O4S/c1-12-5-13-6-16(3-4-18(13)25-12)26(23,24)21-9-15(11-22)17(10-21)14-7-19-20(2)8-14/h3-4,6-8,12,15,17,22H,5,9-11H2,1-2H3/t12-,15+,17+/m1/s1. The third kappa shape index (κ3) is 2.91. The van der Waals surface area contributed by atoms with Gasteiger partial charge in [-0.25, -0.2) is 8.42 Å². The number of hydrogen-bond donors (Lipinski definition) is 1. The van der Waals surface area contributed by atoms with Gasteiger partial charge in [-0.15, -0.1) is 0 Å². The van der Waals surface area contributed by atoms with E-state index in [2.05, 4.69) is 5.10 Å². The summed E-state index contributed by atoms with van der Waals surface area (Å²) in [5, 5.41) is 13.9. The molecule has 0 bridgehead atoms. The monoisotopic (exact) mass is 377 g/mol. The zero-order valence-corrected chi connectivity index (χ0v) is 15.7. The smallest absolute Gasteiger partial charge is 0.243 e. The van der Waals surface area contributed by atoms with Crippen molar-refractivity contribution >= 4 is 10.0 Å². The number of ether oxygens (including phenoxy) is 1. The number of hydrogen-bond acceptors (Lipinski definition) is 5. The van der Waals surface area contributed by atoms with E-state index in [4.69, 9.17) is 4.74 Å². The fraction of sp³-hybridized carbons (Fsp3) is 0.500. The molecule has 1 saturated heterocycles. The summed E-state index contributed by atoms with van der Waals surface area (Å²) in [7, 11) is -1.79. The molecule has 1 N–H and O–H groups in total. The third-order valence-electron chi connectivity index (χ3n) is 5.30. The highest BCUT2D eigenvalue weighted by molar-refractivity contribution is 7.89. The number of aliphatic hydroxyl groups excluding tert-OH is 1. The number of aromatic nitrogens is 2. The minimum atomic E-state index is -3.62. The van der Waals surface area contributed by atoms with Crippen molar-refractivity contribution in [3.63, 3.8) is 0 Å². The van der Waals surface area contributed by atoms with Gasteiger partial charge in [0.2, 0.25) is 10.0 Å². The lowest BCUT2D eigenvalue weighted by molar-refractivity contribution is 0.223. The summed E-state index contributed by atoms with van der Waals surface area (Å²) in [6, 6.07) is 5.07. The average Bonchev–Trinajstić information content (AvgIpc) is 3.30. The molecule has 26 heavy (non-hydrogen) atoms. The highest BCUT2D eigenvalue weighted by Gasteiger charge is 2.40. The van der Waals surface area contributed by atoms with Gasteiger partial charge >= 0.3 is 0 Å². The Hall–Kier alpha value is -1.90. The highest BCUT2D eigenvalue weighted by Crippen LogP contribution is 2.37. The van der Waals surface area contributed by atoms with E-state index in [1.165, 1.54) is 4.31 Å². The van der Waals surface area contributed by atoms with Gasteiger partial charge in [-0.2, -0.15) is 9.40 Å². The number of rotatable bonds is 4. The number of fused-ring (bicyclic) bond motifs is 1. The van der Waals surface area contributed by atoms with Crippen molar-refractivity contribution in [1.29, 1.82) is 0 Å². The van der Waals surface area contributed by atoms with Crippen molar-refractivity contribution < 1.29 is 18.3 Å². The molecule has 2 aromatic rings. The molecule has 0 radical (unpaired) electrons. The van der Waals surface area contributed by atoms with Gasteiger partial charge in [-0.1, -0.05) is 0 Å². The Labute approximate surface area is 153 Å². The maximum Gasteiger partial charge on any atom is 0.243 e. The van der Waals surface area contributed by atoms with Gasteiger partial charge in [-0.05, 0) is 36.2 Å². The van der Waals surface area contributed by atoms with E-state index in [-0.39, 0.29) is 29.4 Å². The number of aryl methyl sites for hydroxylation is 1. The Bertz CT molecular complexity index is 924. The van der Waals surface area contributed by atoms with E-state index in [1.807, 2.05) is 20.2 Å². The Balaban J connectivity index is 1.62. The second kappa shape index (κ2) is 6.37. The van der Waals surface area contributed by atoms with Gasteiger partial charge in [0.05, 0.1) is 11.1 Å². The predicted octanol–water partition coefficient (Wildman–Crippen LogP) is 1.14. The van der Waals surface area contributed by atoms with Crippen LogP contribution in [0.15, 0.2) is 35.5 Å². The second-order valence-corrected chi connectivity index (χ2v) is 9.16. The first-order valence-electron chi connectivity index (χ1n) is 8.77. The van der Waals surface area contributed by atoms with Gasteiger partial charge < -0.3 is 9.84 Å². The van der Waals surface area contributed by atoms with Gasteiger partial charge in [0, 0.05) is 51.2 Å². The molecule has 3 heterocycles. The second-order valence-electron chi connectivity index (χ2n) is 7.22. The van der Waals surface area contributed by atoms with E-state index < -0.39 is 10.0 Å². The van der Waals surface area contributed by atoms with Gasteiger partial charge in [-0.3, -0.25) is 4.68 Å². The van der Waals surface area contributed by atoms with Crippen LogP contribution in [0.3, 0.4) is 0 Å². The lowest BCUT2D eigenvalue weighted by Gasteiger charge is -2.17. The van der Waals surface area contributed by atoms with Crippen LogP contribution < -0.4 is 4.74 Å². The maximum absolute atomic E-state index is 13.1. The van der Waals surface area contributed by atoms with Crippen LogP contribution in [0.2, 0.25) is 0 Å². The summed E-state index contributed by atoms with van der Waals surface area (Å²) < 4.78 is 35.1. The Morgan fingerprint density at radius 3 is 2.85 bits per heavy atom. The minimum absolute atomic E-state index is 0.0544. The van der Waals surface area contributed by atoms with Crippen LogP contribution in [0.4, 0.5) is 0 Å². The average molecular weight is 377 g/mol. The van der Waals surface area contributed by atoms with Crippen LogP contribution in [0.5, 0.6) is 5.75 Å². The number of nitrogens with zero attached hydrogens (tertiary/aromatic N) is 3. The zero-order chi connectivity index (χ0) is 18.5. The summed E-state index contributed by atoms with van der Waals surface area (Å²) in [6.45, 7) is 2.58. The predicted molar refractivity (Wildman–Crippen MR) is 95.5 cm³/mol. The molecular formula is C18H23N3O4S. The first-order chi connectivity index (χ1) is 12.4. The van der Waals surface area contributed by atoms with E-state index in [1.54, 1.807) is 29.1 Å². The van der Waals surface area contributed by atoms with Gasteiger partial charge in [0.15, 0.2) is 0 Å². The molecule has 0 unspecified atom stereocenters. The maximum atomic E-state index is 13.1. The van der Waals surface area contributed by atoms with Crippen molar-refractivity contribution in [2.75, 3.05) is 19.7 Å². The molecule has 2 aliphatic rings. The van der Waals surface area contributed by atoms with Crippen molar-refractivity contribution in [2.45, 2.75) is 30.3 Å². The molecule has 1 fully saturated rings. The van der Waals surface area contributed by atoms with Crippen molar-refractivity contribution in [3.05, 3.63) is 41.7 Å². The fourth-order valence-corrected chi connectivity index (χ4v) is 5.50. The van der Waals surface area contributed by atoms with Crippen LogP contribution in [-0.4, -0.2) is 53.4 Å². The zero-order valence-electron chi connectivity index (χ0n) is 14.9. The molecule has 2 aliphatic heterocycles. The van der Waals surface area contributed by atoms with Gasteiger partial charge in [0.1, 0.15) is 11.9 Å². The van der Waals surface area contributed by atoms with Crippen LogP contribution in [0.1, 0.15) is 24.0 Å². The molecule has 3 atom stereocenters. The van der Waals surface area contributed by atoms with Crippen molar-refractivity contribution in [1.82, 2.24) is 14.1 Å². The normalized spacial score (nSPS) is 26.0. The van der Waals surface area contributed by atoms with Crippen LogP contribution in [0, 0.1) is 5.92 Å². The summed E-state index contributed by atoms with van der Waals surface area (Å²) in [5.74, 6) is 0.576. The van der Waals surface area contributed by atoms with Crippen LogP contribution >= 0.6 is 0 Å². The molecule has 1 aromatic carbocycles. The molecule has 0 spiro atoms. The minimum Gasteiger partial charge on any atom is -0.490 e.